The van der Waals surface area contributed by atoms with Gasteiger partial charge in [0.15, 0.2) is 0 Å². The number of benzene rings is 2. The Morgan fingerprint density at radius 3 is 2.50 bits per heavy atom. The molecule has 0 saturated carbocycles. The fourth-order valence-corrected chi connectivity index (χ4v) is 4.12. The van der Waals surface area contributed by atoms with Crippen molar-refractivity contribution >= 4 is 27.3 Å². The van der Waals surface area contributed by atoms with Crippen LogP contribution in [0.15, 0.2) is 48.5 Å². The van der Waals surface area contributed by atoms with Crippen molar-refractivity contribution in [1.82, 2.24) is 0 Å². The van der Waals surface area contributed by atoms with E-state index in [0.717, 1.165) is 29.8 Å². The first-order valence-electron chi connectivity index (χ1n) is 7.90. The molecule has 0 spiro atoms. The summed E-state index contributed by atoms with van der Waals surface area (Å²) in [6.07, 6.45) is 1.44. The van der Waals surface area contributed by atoms with Gasteiger partial charge in [0.1, 0.15) is 0 Å². The molecule has 126 valence electrons. The van der Waals surface area contributed by atoms with Crippen LogP contribution in [0.1, 0.15) is 24.0 Å². The van der Waals surface area contributed by atoms with Gasteiger partial charge in [-0.25, -0.2) is 8.42 Å². The van der Waals surface area contributed by atoms with Crippen LogP contribution in [0.2, 0.25) is 0 Å². The van der Waals surface area contributed by atoms with Crippen molar-refractivity contribution in [3.8, 4) is 0 Å². The second kappa shape index (κ2) is 6.65. The number of nitrogens with one attached hydrogen (secondary N) is 1. The largest absolute Gasteiger partial charge is 0.312 e. The molecule has 1 amide bonds. The van der Waals surface area contributed by atoms with Gasteiger partial charge in [-0.15, -0.1) is 0 Å². The molecule has 24 heavy (non-hydrogen) atoms. The highest BCUT2D eigenvalue weighted by molar-refractivity contribution is 7.91. The number of sulfonamides is 1. The highest BCUT2D eigenvalue weighted by atomic mass is 32.2. The van der Waals surface area contributed by atoms with E-state index in [1.165, 1.54) is 0 Å². The Hall–Kier alpha value is -2.34. The van der Waals surface area contributed by atoms with Crippen LogP contribution in [0.4, 0.5) is 11.4 Å². The predicted octanol–water partition coefficient (Wildman–Crippen LogP) is 3.06. The summed E-state index contributed by atoms with van der Waals surface area (Å²) in [7, 11) is -3.48. The van der Waals surface area contributed by atoms with Gasteiger partial charge in [-0.2, -0.15) is 0 Å². The minimum atomic E-state index is -3.48. The number of carbonyl (C=O) groups excluding carboxylic acids is 1. The maximum Gasteiger partial charge on any atom is 0.236 e. The van der Waals surface area contributed by atoms with E-state index in [4.69, 9.17) is 0 Å². The van der Waals surface area contributed by atoms with Crippen molar-refractivity contribution in [2.75, 3.05) is 16.2 Å². The van der Waals surface area contributed by atoms with E-state index in [2.05, 4.69) is 4.72 Å². The van der Waals surface area contributed by atoms with Crippen LogP contribution in [0.5, 0.6) is 0 Å². The summed E-state index contributed by atoms with van der Waals surface area (Å²) in [5.41, 5.74) is 2.98. The van der Waals surface area contributed by atoms with E-state index >= 15 is 0 Å². The molecule has 2 aromatic rings. The minimum Gasteiger partial charge on any atom is -0.312 e. The van der Waals surface area contributed by atoms with Gasteiger partial charge in [-0.1, -0.05) is 30.3 Å². The summed E-state index contributed by atoms with van der Waals surface area (Å²) in [4.78, 5) is 13.6. The van der Waals surface area contributed by atoms with Gasteiger partial charge in [0.25, 0.3) is 0 Å². The Bertz CT molecular complexity index is 848. The van der Waals surface area contributed by atoms with E-state index in [0.29, 0.717) is 12.1 Å². The lowest BCUT2D eigenvalue weighted by Gasteiger charge is -2.19. The Labute approximate surface area is 142 Å². The van der Waals surface area contributed by atoms with E-state index < -0.39 is 10.0 Å². The van der Waals surface area contributed by atoms with Crippen LogP contribution in [0.3, 0.4) is 0 Å². The monoisotopic (exact) mass is 344 g/mol. The first-order chi connectivity index (χ1) is 11.4. The van der Waals surface area contributed by atoms with Crippen molar-refractivity contribution in [3.05, 3.63) is 59.7 Å². The molecular formula is C18H20N2O3S. The molecule has 5 nitrogen and oxygen atoms in total. The quantitative estimate of drug-likeness (QED) is 0.906. The van der Waals surface area contributed by atoms with Crippen LogP contribution in [-0.4, -0.2) is 20.9 Å². The number of hydrogen-bond donors (Lipinski definition) is 1. The molecule has 1 aliphatic heterocycles. The van der Waals surface area contributed by atoms with Gasteiger partial charge >= 0.3 is 0 Å². The SMILES string of the molecule is Cc1cc(NS(=O)(=O)Cc2ccccc2)ccc1N1CCCC1=O. The number of nitrogens with zero attached hydrogens (tertiary/aromatic N) is 1. The Morgan fingerprint density at radius 1 is 1.12 bits per heavy atom. The summed E-state index contributed by atoms with van der Waals surface area (Å²) >= 11 is 0. The molecule has 0 atom stereocenters. The summed E-state index contributed by atoms with van der Waals surface area (Å²) in [6, 6.07) is 14.3. The van der Waals surface area contributed by atoms with Crippen LogP contribution >= 0.6 is 0 Å². The van der Waals surface area contributed by atoms with E-state index in [-0.39, 0.29) is 11.7 Å². The highest BCUT2D eigenvalue weighted by Crippen LogP contribution is 2.28. The zero-order chi connectivity index (χ0) is 17.2. The standard InChI is InChI=1S/C18H20N2O3S/c1-14-12-16(9-10-17(14)20-11-5-8-18(20)21)19-24(22,23)13-15-6-3-2-4-7-15/h2-4,6-7,9-10,12,19H,5,8,11,13H2,1H3. The number of hydrogen-bond acceptors (Lipinski definition) is 3. The van der Waals surface area contributed by atoms with E-state index in [1.54, 1.807) is 35.2 Å². The van der Waals surface area contributed by atoms with Gasteiger partial charge in [-0.05, 0) is 42.7 Å². The molecule has 6 heteroatoms. The zero-order valence-corrected chi connectivity index (χ0v) is 14.3. The van der Waals surface area contributed by atoms with E-state index in [1.807, 2.05) is 25.1 Å². The maximum atomic E-state index is 12.3. The van der Waals surface area contributed by atoms with Gasteiger partial charge < -0.3 is 4.90 Å². The summed E-state index contributed by atoms with van der Waals surface area (Å²) in [5.74, 6) is 0.0507. The van der Waals surface area contributed by atoms with Gasteiger partial charge in [-0.3, -0.25) is 9.52 Å². The second-order valence-corrected chi connectivity index (χ2v) is 7.72. The predicted molar refractivity (Wildman–Crippen MR) is 95.5 cm³/mol. The lowest BCUT2D eigenvalue weighted by Crippen LogP contribution is -2.24. The van der Waals surface area contributed by atoms with Crippen molar-refractivity contribution in [3.63, 3.8) is 0 Å². The van der Waals surface area contributed by atoms with Crippen LogP contribution in [0, 0.1) is 6.92 Å². The summed E-state index contributed by atoms with van der Waals surface area (Å²) < 4.78 is 27.2. The first kappa shape index (κ1) is 16.5. The highest BCUT2D eigenvalue weighted by Gasteiger charge is 2.23. The Balaban J connectivity index is 1.76. The molecule has 1 aliphatic rings. The molecular weight excluding hydrogens is 324 g/mol. The number of amides is 1. The average molecular weight is 344 g/mol. The number of anilines is 2. The van der Waals surface area contributed by atoms with Gasteiger partial charge in [0.2, 0.25) is 15.9 Å². The molecule has 0 radical (unpaired) electrons. The van der Waals surface area contributed by atoms with Crippen molar-refractivity contribution in [1.29, 1.82) is 0 Å². The molecule has 1 heterocycles. The molecule has 1 fully saturated rings. The number of rotatable bonds is 5. The van der Waals surface area contributed by atoms with Crippen molar-refractivity contribution in [2.45, 2.75) is 25.5 Å². The lowest BCUT2D eigenvalue weighted by molar-refractivity contribution is -0.117. The third-order valence-corrected chi connectivity index (χ3v) is 5.29. The Morgan fingerprint density at radius 2 is 1.88 bits per heavy atom. The first-order valence-corrected chi connectivity index (χ1v) is 9.55. The summed E-state index contributed by atoms with van der Waals surface area (Å²) in [5, 5.41) is 0. The molecule has 0 bridgehead atoms. The zero-order valence-electron chi connectivity index (χ0n) is 13.5. The third-order valence-electron chi connectivity index (χ3n) is 4.03. The lowest BCUT2D eigenvalue weighted by atomic mass is 10.1. The van der Waals surface area contributed by atoms with E-state index in [9.17, 15) is 13.2 Å². The maximum absolute atomic E-state index is 12.3. The molecule has 0 aliphatic carbocycles. The molecule has 1 saturated heterocycles. The molecule has 3 rings (SSSR count). The molecule has 0 aromatic heterocycles. The number of carbonyl (C=O) groups is 1. The molecule has 1 N–H and O–H groups in total. The molecule has 2 aromatic carbocycles. The van der Waals surface area contributed by atoms with Gasteiger partial charge in [0, 0.05) is 24.3 Å². The number of aryl methyl sites for hydroxylation is 1. The summed E-state index contributed by atoms with van der Waals surface area (Å²) in [6.45, 7) is 2.61. The van der Waals surface area contributed by atoms with Crippen LogP contribution in [0.25, 0.3) is 0 Å². The van der Waals surface area contributed by atoms with Crippen molar-refractivity contribution in [2.24, 2.45) is 0 Å². The fourth-order valence-electron chi connectivity index (χ4n) is 2.93. The minimum absolute atomic E-state index is 0.0702. The molecule has 0 unspecified atom stereocenters. The Kier molecular flexibility index (Phi) is 4.57. The van der Waals surface area contributed by atoms with Gasteiger partial charge in [0.05, 0.1) is 5.75 Å². The fraction of sp³-hybridized carbons (Fsp3) is 0.278. The normalized spacial score (nSPS) is 14.9. The van der Waals surface area contributed by atoms with Crippen molar-refractivity contribution < 1.29 is 13.2 Å². The average Bonchev–Trinajstić information content (AvgIpc) is 2.93. The van der Waals surface area contributed by atoms with Crippen LogP contribution in [-0.2, 0) is 20.6 Å². The second-order valence-electron chi connectivity index (χ2n) is 6.00. The topological polar surface area (TPSA) is 66.5 Å². The smallest absolute Gasteiger partial charge is 0.236 e. The van der Waals surface area contributed by atoms with Crippen LogP contribution < -0.4 is 9.62 Å². The third kappa shape index (κ3) is 3.76.